The molecule has 0 spiro atoms. The summed E-state index contributed by atoms with van der Waals surface area (Å²) < 4.78 is 11.1. The molecule has 0 radical (unpaired) electrons. The zero-order chi connectivity index (χ0) is 32.3. The van der Waals surface area contributed by atoms with Crippen LogP contribution in [-0.2, 0) is 14.3 Å². The molecule has 0 saturated carbocycles. The van der Waals surface area contributed by atoms with Gasteiger partial charge in [0.2, 0.25) is 0 Å². The van der Waals surface area contributed by atoms with Gasteiger partial charge in [-0.05, 0) is 77.2 Å². The number of aliphatic hydroxyl groups excluding tert-OH is 6. The van der Waals surface area contributed by atoms with E-state index in [1.807, 2.05) is 0 Å². The van der Waals surface area contributed by atoms with Crippen LogP contribution in [0, 0.1) is 0 Å². The first-order valence-corrected chi connectivity index (χ1v) is 17.8. The van der Waals surface area contributed by atoms with Crippen molar-refractivity contribution in [2.45, 2.75) is 204 Å². The molecule has 1 fully saturated rings. The van der Waals surface area contributed by atoms with Crippen LogP contribution in [0.5, 0.6) is 0 Å². The van der Waals surface area contributed by atoms with Crippen LogP contribution in [0.25, 0.3) is 0 Å². The summed E-state index contributed by atoms with van der Waals surface area (Å²) in [6, 6.07) is 0. The zero-order valence-electron chi connectivity index (χ0n) is 27.5. The second-order valence-corrected chi connectivity index (χ2v) is 13.4. The van der Waals surface area contributed by atoms with Crippen molar-refractivity contribution in [2.24, 2.45) is 0 Å². The van der Waals surface area contributed by atoms with Crippen molar-refractivity contribution in [3.8, 4) is 0 Å². The lowest BCUT2D eigenvalue weighted by molar-refractivity contribution is -0.139. The number of carbonyl (C=O) groups is 1. The van der Waals surface area contributed by atoms with E-state index in [9.17, 15) is 35.4 Å². The maximum absolute atomic E-state index is 11.7. The summed E-state index contributed by atoms with van der Waals surface area (Å²) in [6.07, 6.45) is 13.8. The molecule has 2 heterocycles. The summed E-state index contributed by atoms with van der Waals surface area (Å²) in [5.41, 5.74) is 0.452. The number of esters is 1. The minimum Gasteiger partial charge on any atom is -0.455 e. The van der Waals surface area contributed by atoms with Crippen molar-refractivity contribution in [3.63, 3.8) is 0 Å². The SMILES string of the molecule is CCCCCCCCCCCC[C@@H](O)[C@H](O)CC[C@H](O)[C@@H]1CC[C@@H](CCCC(O)C(O)CC[C@@H](O)CC2=C[C@H](C)OC2=O)O1. The number of carbonyl (C=O) groups excluding carboxylic acids is 1. The first-order valence-electron chi connectivity index (χ1n) is 17.8. The van der Waals surface area contributed by atoms with E-state index in [1.54, 1.807) is 13.0 Å². The summed E-state index contributed by atoms with van der Waals surface area (Å²) in [6.45, 7) is 3.99. The zero-order valence-corrected chi connectivity index (χ0v) is 27.5. The summed E-state index contributed by atoms with van der Waals surface area (Å²) in [4.78, 5) is 11.7. The molecule has 9 atom stereocenters. The fourth-order valence-electron chi connectivity index (χ4n) is 6.42. The lowest BCUT2D eigenvalue weighted by Crippen LogP contribution is -2.31. The largest absolute Gasteiger partial charge is 0.455 e. The van der Waals surface area contributed by atoms with Gasteiger partial charge in [0.25, 0.3) is 0 Å². The standard InChI is InChI=1S/C35H64O9/c1-3-4-5-6-7-8-9-10-11-12-15-29(37)32(40)20-21-33(41)34-22-18-28(44-34)14-13-16-30(38)31(39)19-17-27(36)24-26-23-25(2)43-35(26)42/h23,25,27-34,36-41H,3-22,24H2,1-2H3/t25-,27+,28+,29+,30?,31?,32+,33-,34-/m0/s1. The predicted octanol–water partition coefficient (Wildman–Crippen LogP) is 5.00. The molecule has 0 bridgehead atoms. The van der Waals surface area contributed by atoms with Gasteiger partial charge in [-0.25, -0.2) is 4.79 Å². The van der Waals surface area contributed by atoms with Crippen LogP contribution < -0.4 is 0 Å². The second kappa shape index (κ2) is 22.5. The van der Waals surface area contributed by atoms with Crippen LogP contribution in [0.3, 0.4) is 0 Å². The summed E-state index contributed by atoms with van der Waals surface area (Å²) in [5, 5.41) is 62.3. The highest BCUT2D eigenvalue weighted by Gasteiger charge is 2.31. The van der Waals surface area contributed by atoms with Gasteiger partial charge in [0, 0.05) is 12.0 Å². The monoisotopic (exact) mass is 628 g/mol. The molecule has 0 aliphatic carbocycles. The van der Waals surface area contributed by atoms with Crippen LogP contribution in [0.15, 0.2) is 11.6 Å². The molecule has 44 heavy (non-hydrogen) atoms. The second-order valence-electron chi connectivity index (χ2n) is 13.4. The van der Waals surface area contributed by atoms with E-state index in [0.29, 0.717) is 44.1 Å². The van der Waals surface area contributed by atoms with Crippen molar-refractivity contribution in [2.75, 3.05) is 0 Å². The van der Waals surface area contributed by atoms with E-state index in [2.05, 4.69) is 6.92 Å². The van der Waals surface area contributed by atoms with Crippen LogP contribution in [-0.4, -0.2) is 91.5 Å². The number of hydrogen-bond acceptors (Lipinski definition) is 9. The van der Waals surface area contributed by atoms with Gasteiger partial charge >= 0.3 is 5.97 Å². The third-order valence-electron chi connectivity index (χ3n) is 9.34. The number of unbranched alkanes of at least 4 members (excludes halogenated alkanes) is 9. The maximum atomic E-state index is 11.7. The van der Waals surface area contributed by atoms with E-state index in [-0.39, 0.29) is 37.6 Å². The first-order chi connectivity index (χ1) is 21.1. The fraction of sp³-hybridized carbons (Fsp3) is 0.914. The van der Waals surface area contributed by atoms with Crippen LogP contribution in [0.1, 0.15) is 149 Å². The van der Waals surface area contributed by atoms with Gasteiger partial charge in [-0.2, -0.15) is 0 Å². The number of aliphatic hydroxyl groups is 6. The highest BCUT2D eigenvalue weighted by atomic mass is 16.5. The smallest absolute Gasteiger partial charge is 0.334 e. The van der Waals surface area contributed by atoms with E-state index in [0.717, 1.165) is 25.7 Å². The average molecular weight is 629 g/mol. The van der Waals surface area contributed by atoms with Gasteiger partial charge in [-0.1, -0.05) is 71.1 Å². The van der Waals surface area contributed by atoms with Gasteiger partial charge in [0.05, 0.1) is 48.8 Å². The summed E-state index contributed by atoms with van der Waals surface area (Å²) in [7, 11) is 0. The van der Waals surface area contributed by atoms with E-state index in [1.165, 1.54) is 51.4 Å². The van der Waals surface area contributed by atoms with Crippen LogP contribution in [0.2, 0.25) is 0 Å². The molecular weight excluding hydrogens is 564 g/mol. The first kappa shape index (κ1) is 39.1. The Morgan fingerprint density at radius 3 is 1.84 bits per heavy atom. The van der Waals surface area contributed by atoms with Crippen molar-refractivity contribution in [1.29, 1.82) is 0 Å². The molecular formula is C35H64O9. The Bertz CT molecular complexity index is 790. The summed E-state index contributed by atoms with van der Waals surface area (Å²) in [5.74, 6) is -0.410. The molecule has 0 aromatic rings. The minimum absolute atomic E-state index is 0.0190. The molecule has 0 aromatic heterocycles. The molecule has 2 aliphatic heterocycles. The normalized spacial score (nSPS) is 24.5. The molecule has 2 aliphatic rings. The number of ether oxygens (including phenoxy) is 2. The molecule has 9 heteroatoms. The van der Waals surface area contributed by atoms with Gasteiger partial charge in [-0.3, -0.25) is 0 Å². The molecule has 9 nitrogen and oxygen atoms in total. The average Bonchev–Trinajstić information content (AvgIpc) is 3.60. The highest BCUT2D eigenvalue weighted by molar-refractivity contribution is 5.90. The van der Waals surface area contributed by atoms with Crippen LogP contribution >= 0.6 is 0 Å². The Balaban J connectivity index is 1.50. The minimum atomic E-state index is -0.959. The number of rotatable bonds is 26. The summed E-state index contributed by atoms with van der Waals surface area (Å²) >= 11 is 0. The Morgan fingerprint density at radius 2 is 1.25 bits per heavy atom. The Hall–Kier alpha value is -1.07. The Morgan fingerprint density at radius 1 is 0.705 bits per heavy atom. The predicted molar refractivity (Wildman–Crippen MR) is 171 cm³/mol. The molecule has 258 valence electrons. The van der Waals surface area contributed by atoms with Gasteiger partial charge in [0.1, 0.15) is 6.10 Å². The van der Waals surface area contributed by atoms with Gasteiger partial charge < -0.3 is 40.1 Å². The van der Waals surface area contributed by atoms with E-state index < -0.39 is 42.6 Å². The molecule has 6 N–H and O–H groups in total. The number of cyclic esters (lactones) is 1. The molecule has 1 saturated heterocycles. The van der Waals surface area contributed by atoms with Gasteiger partial charge in [-0.15, -0.1) is 0 Å². The lowest BCUT2D eigenvalue weighted by Gasteiger charge is -2.23. The third-order valence-corrected chi connectivity index (χ3v) is 9.34. The molecule has 2 unspecified atom stereocenters. The topological polar surface area (TPSA) is 157 Å². The highest BCUT2D eigenvalue weighted by Crippen LogP contribution is 2.28. The maximum Gasteiger partial charge on any atom is 0.334 e. The quantitative estimate of drug-likeness (QED) is 0.0573. The third kappa shape index (κ3) is 16.0. The molecule has 0 amide bonds. The lowest BCUT2D eigenvalue weighted by atomic mass is 9.97. The van der Waals surface area contributed by atoms with Crippen LogP contribution in [0.4, 0.5) is 0 Å². The van der Waals surface area contributed by atoms with Crippen molar-refractivity contribution in [1.82, 2.24) is 0 Å². The fourth-order valence-corrected chi connectivity index (χ4v) is 6.42. The Labute approximate surface area is 266 Å². The van der Waals surface area contributed by atoms with Crippen molar-refractivity contribution >= 4 is 5.97 Å². The molecule has 2 rings (SSSR count). The van der Waals surface area contributed by atoms with E-state index >= 15 is 0 Å². The molecule has 0 aromatic carbocycles. The van der Waals surface area contributed by atoms with E-state index in [4.69, 9.17) is 9.47 Å². The Kier molecular flexibility index (Phi) is 20.0. The van der Waals surface area contributed by atoms with Crippen molar-refractivity contribution < 1.29 is 44.9 Å². The van der Waals surface area contributed by atoms with Gasteiger partial charge in [0.15, 0.2) is 0 Å². The van der Waals surface area contributed by atoms with Crippen molar-refractivity contribution in [3.05, 3.63) is 11.6 Å². The number of hydrogen-bond donors (Lipinski definition) is 6.